The lowest BCUT2D eigenvalue weighted by molar-refractivity contribution is -0.153. The van der Waals surface area contributed by atoms with Crippen LogP contribution in [0.4, 0.5) is 0 Å². The SMILES string of the molecule is CC(=O)OCC(=O)O.N. The zero-order valence-electron chi connectivity index (χ0n) is 5.09. The molecule has 5 heteroatoms. The first kappa shape index (κ1) is 10.8. The molecule has 0 aliphatic carbocycles. The molecule has 0 aromatic heterocycles. The summed E-state index contributed by atoms with van der Waals surface area (Å²) >= 11 is 0. The van der Waals surface area contributed by atoms with Gasteiger partial charge >= 0.3 is 11.9 Å². The molecule has 0 aromatic carbocycles. The fraction of sp³-hybridized carbons (Fsp3) is 0.500. The van der Waals surface area contributed by atoms with Crippen LogP contribution < -0.4 is 6.15 Å². The maximum absolute atomic E-state index is 9.86. The van der Waals surface area contributed by atoms with E-state index in [4.69, 9.17) is 5.11 Å². The average molecular weight is 135 g/mol. The molecule has 0 rings (SSSR count). The van der Waals surface area contributed by atoms with E-state index >= 15 is 0 Å². The normalized spacial score (nSPS) is 7.22. The van der Waals surface area contributed by atoms with Crippen LogP contribution in [-0.2, 0) is 14.3 Å². The Kier molecular flexibility index (Phi) is 6.06. The first-order valence-corrected chi connectivity index (χ1v) is 1.98. The van der Waals surface area contributed by atoms with Crippen LogP contribution in [0.2, 0.25) is 0 Å². The van der Waals surface area contributed by atoms with Gasteiger partial charge in [-0.05, 0) is 0 Å². The molecule has 0 aromatic rings. The zero-order chi connectivity index (χ0) is 6.57. The minimum Gasteiger partial charge on any atom is -0.479 e. The second kappa shape index (κ2) is 5.04. The topological polar surface area (TPSA) is 98.6 Å². The summed E-state index contributed by atoms with van der Waals surface area (Å²) in [5.74, 6) is -1.72. The van der Waals surface area contributed by atoms with E-state index in [0.29, 0.717) is 0 Å². The molecule has 0 heterocycles. The van der Waals surface area contributed by atoms with E-state index in [9.17, 15) is 9.59 Å². The molecule has 0 saturated heterocycles. The highest BCUT2D eigenvalue weighted by Gasteiger charge is 1.97. The molecule has 0 radical (unpaired) electrons. The van der Waals surface area contributed by atoms with E-state index < -0.39 is 18.5 Å². The van der Waals surface area contributed by atoms with Crippen molar-refractivity contribution in [2.75, 3.05) is 6.61 Å². The van der Waals surface area contributed by atoms with Gasteiger partial charge in [0.15, 0.2) is 6.61 Å². The van der Waals surface area contributed by atoms with Crippen LogP contribution >= 0.6 is 0 Å². The van der Waals surface area contributed by atoms with E-state index in [2.05, 4.69) is 4.74 Å². The highest BCUT2D eigenvalue weighted by atomic mass is 16.5. The standard InChI is InChI=1S/C4H6O4.H3N/c1-3(5)8-2-4(6)7;/h2H2,1H3,(H,6,7);1H3. The van der Waals surface area contributed by atoms with Crippen molar-refractivity contribution in [1.29, 1.82) is 0 Å². The summed E-state index contributed by atoms with van der Waals surface area (Å²) in [6.07, 6.45) is 0. The lowest BCUT2D eigenvalue weighted by atomic mass is 10.7. The number of ether oxygens (including phenoxy) is 1. The van der Waals surface area contributed by atoms with Gasteiger partial charge in [-0.3, -0.25) is 4.79 Å². The van der Waals surface area contributed by atoms with Crippen molar-refractivity contribution < 1.29 is 19.4 Å². The van der Waals surface area contributed by atoms with Crippen molar-refractivity contribution in [1.82, 2.24) is 6.15 Å². The predicted octanol–water partition coefficient (Wildman–Crippen LogP) is -0.204. The fourth-order valence-corrected chi connectivity index (χ4v) is 0.163. The molecule has 0 atom stereocenters. The van der Waals surface area contributed by atoms with E-state index in [1.807, 2.05) is 0 Å². The van der Waals surface area contributed by atoms with Gasteiger partial charge in [0.2, 0.25) is 0 Å². The number of rotatable bonds is 2. The Morgan fingerprint density at radius 1 is 1.56 bits per heavy atom. The molecule has 0 saturated carbocycles. The van der Waals surface area contributed by atoms with Gasteiger partial charge in [-0.2, -0.15) is 0 Å². The molecule has 5 nitrogen and oxygen atoms in total. The number of carboxylic acid groups (broad SMARTS) is 1. The van der Waals surface area contributed by atoms with Crippen molar-refractivity contribution in [3.8, 4) is 0 Å². The summed E-state index contributed by atoms with van der Waals surface area (Å²) in [6, 6.07) is 0. The van der Waals surface area contributed by atoms with Gasteiger partial charge in [0.1, 0.15) is 0 Å². The molecule has 9 heavy (non-hydrogen) atoms. The van der Waals surface area contributed by atoms with Gasteiger partial charge in [0.05, 0.1) is 0 Å². The van der Waals surface area contributed by atoms with E-state index in [1.165, 1.54) is 0 Å². The number of hydrogen-bond acceptors (Lipinski definition) is 4. The number of carbonyl (C=O) groups excluding carboxylic acids is 1. The maximum Gasteiger partial charge on any atom is 0.341 e. The van der Waals surface area contributed by atoms with Crippen molar-refractivity contribution in [2.45, 2.75) is 6.92 Å². The van der Waals surface area contributed by atoms with Gasteiger partial charge in [-0.15, -0.1) is 0 Å². The summed E-state index contributed by atoms with van der Waals surface area (Å²) in [7, 11) is 0. The summed E-state index contributed by atoms with van der Waals surface area (Å²) < 4.78 is 4.06. The molecule has 0 unspecified atom stereocenters. The van der Waals surface area contributed by atoms with Crippen LogP contribution in [-0.4, -0.2) is 23.7 Å². The number of carbonyl (C=O) groups is 2. The van der Waals surface area contributed by atoms with Crippen LogP contribution in [0.3, 0.4) is 0 Å². The Morgan fingerprint density at radius 3 is 2.11 bits per heavy atom. The molecular weight excluding hydrogens is 126 g/mol. The third-order valence-corrected chi connectivity index (χ3v) is 0.399. The van der Waals surface area contributed by atoms with Crippen LogP contribution in [0.25, 0.3) is 0 Å². The molecule has 4 N–H and O–H groups in total. The van der Waals surface area contributed by atoms with Crippen molar-refractivity contribution in [3.63, 3.8) is 0 Å². The Balaban J connectivity index is 0. The third-order valence-electron chi connectivity index (χ3n) is 0.399. The Bertz CT molecular complexity index is 97.1. The average Bonchev–Trinajstić information content (AvgIpc) is 1.61. The van der Waals surface area contributed by atoms with E-state index in [1.54, 1.807) is 0 Å². The maximum atomic E-state index is 9.86. The Hall–Kier alpha value is -1.10. The molecule has 0 aliphatic rings. The van der Waals surface area contributed by atoms with Gasteiger partial charge in [0.25, 0.3) is 0 Å². The molecule has 0 fully saturated rings. The van der Waals surface area contributed by atoms with Gasteiger partial charge in [0, 0.05) is 6.92 Å². The Morgan fingerprint density at radius 2 is 2.00 bits per heavy atom. The highest BCUT2D eigenvalue weighted by Crippen LogP contribution is 1.73. The Labute approximate surface area is 52.2 Å². The van der Waals surface area contributed by atoms with Crippen molar-refractivity contribution in [2.24, 2.45) is 0 Å². The van der Waals surface area contributed by atoms with Gasteiger partial charge in [-0.25, -0.2) is 4.79 Å². The largest absolute Gasteiger partial charge is 0.479 e. The predicted molar refractivity (Wildman–Crippen MR) is 29.3 cm³/mol. The second-order valence-electron chi connectivity index (χ2n) is 1.17. The number of esters is 1. The van der Waals surface area contributed by atoms with Crippen molar-refractivity contribution in [3.05, 3.63) is 0 Å². The summed E-state index contributed by atoms with van der Waals surface area (Å²) in [4.78, 5) is 19.5. The van der Waals surface area contributed by atoms with Gasteiger partial charge in [-0.1, -0.05) is 0 Å². The number of aliphatic carboxylic acids is 1. The monoisotopic (exact) mass is 135 g/mol. The summed E-state index contributed by atoms with van der Waals surface area (Å²) in [5.41, 5.74) is 0. The van der Waals surface area contributed by atoms with Crippen molar-refractivity contribution >= 4 is 11.9 Å². The van der Waals surface area contributed by atoms with Crippen LogP contribution in [0.15, 0.2) is 0 Å². The second-order valence-corrected chi connectivity index (χ2v) is 1.17. The smallest absolute Gasteiger partial charge is 0.341 e. The molecule has 0 bridgehead atoms. The lowest BCUT2D eigenvalue weighted by Crippen LogP contribution is -2.09. The lowest BCUT2D eigenvalue weighted by Gasteiger charge is -1.92. The third kappa shape index (κ3) is 10.9. The molecule has 0 amide bonds. The van der Waals surface area contributed by atoms with Gasteiger partial charge < -0.3 is 16.0 Å². The molecular formula is C4H9NO4. The quantitative estimate of drug-likeness (QED) is 0.510. The zero-order valence-corrected chi connectivity index (χ0v) is 5.09. The van der Waals surface area contributed by atoms with Crippen LogP contribution in [0, 0.1) is 0 Å². The highest BCUT2D eigenvalue weighted by molar-refractivity contribution is 5.73. The van der Waals surface area contributed by atoms with Crippen LogP contribution in [0.1, 0.15) is 6.92 Å². The summed E-state index contributed by atoms with van der Waals surface area (Å²) in [5, 5.41) is 7.89. The molecule has 0 spiro atoms. The number of hydrogen-bond donors (Lipinski definition) is 2. The van der Waals surface area contributed by atoms with Crippen LogP contribution in [0.5, 0.6) is 0 Å². The first-order valence-electron chi connectivity index (χ1n) is 1.98. The number of carboxylic acids is 1. The fourth-order valence-electron chi connectivity index (χ4n) is 0.163. The van der Waals surface area contributed by atoms with E-state index in [-0.39, 0.29) is 6.15 Å². The first-order chi connectivity index (χ1) is 3.63. The minimum absolute atomic E-state index is 0. The van der Waals surface area contributed by atoms with E-state index in [0.717, 1.165) is 6.92 Å². The minimum atomic E-state index is -1.14. The molecule has 54 valence electrons. The molecule has 0 aliphatic heterocycles. The summed E-state index contributed by atoms with van der Waals surface area (Å²) in [6.45, 7) is 0.609.